The van der Waals surface area contributed by atoms with E-state index < -0.39 is 0 Å². The van der Waals surface area contributed by atoms with Gasteiger partial charge in [0, 0.05) is 37.5 Å². The first-order chi connectivity index (χ1) is 10.2. The van der Waals surface area contributed by atoms with Gasteiger partial charge in [-0.15, -0.1) is 11.3 Å². The molecule has 3 rings (SSSR count). The van der Waals surface area contributed by atoms with Gasteiger partial charge in [0.05, 0.1) is 5.69 Å². The van der Waals surface area contributed by atoms with Crippen LogP contribution in [0.4, 0.5) is 5.13 Å². The predicted molar refractivity (Wildman–Crippen MR) is 89.7 cm³/mol. The van der Waals surface area contributed by atoms with Crippen molar-refractivity contribution in [3.8, 4) is 0 Å². The van der Waals surface area contributed by atoms with Crippen molar-refractivity contribution < 1.29 is 0 Å². The standard InChI is InChI=1S/C17H23N3S/c1-13(2)10-18-17-19-15-8-9-20(12-16(15)21-17)11-14-6-4-3-5-7-14/h3-7,13H,8-12H2,1-2H3,(H,18,19). The molecule has 0 spiro atoms. The third-order valence-corrected chi connectivity index (χ3v) is 4.76. The zero-order chi connectivity index (χ0) is 14.7. The molecule has 4 heteroatoms. The van der Waals surface area contributed by atoms with Crippen LogP contribution in [0.5, 0.6) is 0 Å². The fourth-order valence-corrected chi connectivity index (χ4v) is 3.65. The summed E-state index contributed by atoms with van der Waals surface area (Å²) in [6.07, 6.45) is 1.07. The molecule has 0 aliphatic carbocycles. The van der Waals surface area contributed by atoms with Crippen LogP contribution < -0.4 is 5.32 Å². The highest BCUT2D eigenvalue weighted by atomic mass is 32.1. The predicted octanol–water partition coefficient (Wildman–Crippen LogP) is 3.77. The highest BCUT2D eigenvalue weighted by Gasteiger charge is 2.20. The molecule has 0 fully saturated rings. The van der Waals surface area contributed by atoms with Crippen LogP contribution >= 0.6 is 11.3 Å². The van der Waals surface area contributed by atoms with Gasteiger partial charge in [0.1, 0.15) is 0 Å². The summed E-state index contributed by atoms with van der Waals surface area (Å²) in [6.45, 7) is 8.62. The summed E-state index contributed by atoms with van der Waals surface area (Å²) in [5, 5.41) is 4.55. The molecule has 0 amide bonds. The van der Waals surface area contributed by atoms with Crippen molar-refractivity contribution in [3.05, 3.63) is 46.5 Å². The topological polar surface area (TPSA) is 28.2 Å². The van der Waals surface area contributed by atoms with Gasteiger partial charge in [0.15, 0.2) is 5.13 Å². The van der Waals surface area contributed by atoms with Crippen molar-refractivity contribution in [2.75, 3.05) is 18.4 Å². The average molecular weight is 301 g/mol. The lowest BCUT2D eigenvalue weighted by atomic mass is 10.1. The van der Waals surface area contributed by atoms with E-state index in [1.165, 1.54) is 16.1 Å². The Morgan fingerprint density at radius 3 is 2.86 bits per heavy atom. The summed E-state index contributed by atoms with van der Waals surface area (Å²) in [7, 11) is 0. The number of hydrogen-bond donors (Lipinski definition) is 1. The number of aromatic nitrogens is 1. The van der Waals surface area contributed by atoms with Crippen LogP contribution in [0.3, 0.4) is 0 Å². The zero-order valence-corrected chi connectivity index (χ0v) is 13.6. The van der Waals surface area contributed by atoms with E-state index in [-0.39, 0.29) is 0 Å². The van der Waals surface area contributed by atoms with Crippen LogP contribution in [0.15, 0.2) is 30.3 Å². The van der Waals surface area contributed by atoms with E-state index in [2.05, 4.69) is 54.4 Å². The normalized spacial score (nSPS) is 15.2. The largest absolute Gasteiger partial charge is 0.361 e. The number of anilines is 1. The summed E-state index contributed by atoms with van der Waals surface area (Å²) < 4.78 is 0. The van der Waals surface area contributed by atoms with E-state index in [1.54, 1.807) is 0 Å². The quantitative estimate of drug-likeness (QED) is 0.911. The van der Waals surface area contributed by atoms with E-state index in [1.807, 2.05) is 11.3 Å². The molecule has 0 bridgehead atoms. The molecule has 0 saturated carbocycles. The number of thiazole rings is 1. The van der Waals surface area contributed by atoms with E-state index in [0.29, 0.717) is 5.92 Å². The first kappa shape index (κ1) is 14.5. The molecule has 2 aromatic rings. The molecule has 112 valence electrons. The third kappa shape index (κ3) is 3.83. The SMILES string of the molecule is CC(C)CNc1nc2c(s1)CN(Cc1ccccc1)CC2. The van der Waals surface area contributed by atoms with Crippen LogP contribution in [0.25, 0.3) is 0 Å². The summed E-state index contributed by atoms with van der Waals surface area (Å²) in [6, 6.07) is 10.7. The highest BCUT2D eigenvalue weighted by Crippen LogP contribution is 2.29. The molecule has 21 heavy (non-hydrogen) atoms. The van der Waals surface area contributed by atoms with Crippen LogP contribution in [-0.4, -0.2) is 23.0 Å². The van der Waals surface area contributed by atoms with E-state index >= 15 is 0 Å². The number of nitrogens with zero attached hydrogens (tertiary/aromatic N) is 2. The molecule has 1 aromatic heterocycles. The highest BCUT2D eigenvalue weighted by molar-refractivity contribution is 7.15. The molecule has 1 aliphatic heterocycles. The van der Waals surface area contributed by atoms with Crippen molar-refractivity contribution >= 4 is 16.5 Å². The molecule has 1 aromatic carbocycles. The number of benzene rings is 1. The number of hydrogen-bond acceptors (Lipinski definition) is 4. The van der Waals surface area contributed by atoms with E-state index in [0.717, 1.165) is 37.7 Å². The maximum Gasteiger partial charge on any atom is 0.183 e. The lowest BCUT2D eigenvalue weighted by Crippen LogP contribution is -2.29. The molecule has 1 aliphatic rings. The smallest absolute Gasteiger partial charge is 0.183 e. The maximum absolute atomic E-state index is 4.74. The molecular weight excluding hydrogens is 278 g/mol. The molecule has 0 radical (unpaired) electrons. The monoisotopic (exact) mass is 301 g/mol. The maximum atomic E-state index is 4.74. The van der Waals surface area contributed by atoms with E-state index in [9.17, 15) is 0 Å². The second-order valence-electron chi connectivity index (χ2n) is 6.11. The lowest BCUT2D eigenvalue weighted by molar-refractivity contribution is 0.247. The Hall–Kier alpha value is -1.39. The second kappa shape index (κ2) is 6.58. The lowest BCUT2D eigenvalue weighted by Gasteiger charge is -2.25. The summed E-state index contributed by atoms with van der Waals surface area (Å²) in [5.74, 6) is 0.653. The van der Waals surface area contributed by atoms with Gasteiger partial charge in [-0.3, -0.25) is 4.90 Å². The Morgan fingerprint density at radius 1 is 1.29 bits per heavy atom. The van der Waals surface area contributed by atoms with Gasteiger partial charge in [-0.25, -0.2) is 4.98 Å². The van der Waals surface area contributed by atoms with Crippen molar-refractivity contribution in [2.24, 2.45) is 5.92 Å². The minimum atomic E-state index is 0.653. The number of rotatable bonds is 5. The molecule has 3 nitrogen and oxygen atoms in total. The van der Waals surface area contributed by atoms with Gasteiger partial charge in [0.2, 0.25) is 0 Å². The van der Waals surface area contributed by atoms with Crippen molar-refractivity contribution in [2.45, 2.75) is 33.4 Å². The molecular formula is C17H23N3S. The van der Waals surface area contributed by atoms with Crippen molar-refractivity contribution in [1.29, 1.82) is 0 Å². The summed E-state index contributed by atoms with van der Waals surface area (Å²) >= 11 is 1.83. The Morgan fingerprint density at radius 2 is 2.10 bits per heavy atom. The van der Waals surface area contributed by atoms with Crippen LogP contribution in [0.1, 0.15) is 30.0 Å². The summed E-state index contributed by atoms with van der Waals surface area (Å²) in [5.41, 5.74) is 2.69. The Balaban J connectivity index is 1.62. The van der Waals surface area contributed by atoms with Crippen LogP contribution in [0, 0.1) is 5.92 Å². The first-order valence-corrected chi connectivity index (χ1v) is 8.51. The van der Waals surface area contributed by atoms with Crippen molar-refractivity contribution in [1.82, 2.24) is 9.88 Å². The molecule has 2 heterocycles. The fraction of sp³-hybridized carbons (Fsp3) is 0.471. The number of nitrogens with one attached hydrogen (secondary N) is 1. The van der Waals surface area contributed by atoms with Gasteiger partial charge < -0.3 is 5.32 Å². The average Bonchev–Trinajstić information content (AvgIpc) is 2.88. The van der Waals surface area contributed by atoms with Crippen LogP contribution in [-0.2, 0) is 19.5 Å². The molecule has 0 saturated heterocycles. The Kier molecular flexibility index (Phi) is 4.56. The minimum absolute atomic E-state index is 0.653. The minimum Gasteiger partial charge on any atom is -0.361 e. The van der Waals surface area contributed by atoms with Gasteiger partial charge in [-0.1, -0.05) is 44.2 Å². The van der Waals surface area contributed by atoms with Gasteiger partial charge in [-0.05, 0) is 11.5 Å². The third-order valence-electron chi connectivity index (χ3n) is 3.72. The number of fused-ring (bicyclic) bond motifs is 1. The second-order valence-corrected chi connectivity index (χ2v) is 7.19. The van der Waals surface area contributed by atoms with Crippen LogP contribution in [0.2, 0.25) is 0 Å². The molecule has 0 atom stereocenters. The zero-order valence-electron chi connectivity index (χ0n) is 12.8. The fourth-order valence-electron chi connectivity index (χ4n) is 2.59. The van der Waals surface area contributed by atoms with Gasteiger partial charge in [0.25, 0.3) is 0 Å². The molecule has 0 unspecified atom stereocenters. The van der Waals surface area contributed by atoms with E-state index in [4.69, 9.17) is 4.98 Å². The Labute approximate surface area is 131 Å². The first-order valence-electron chi connectivity index (χ1n) is 7.69. The van der Waals surface area contributed by atoms with Gasteiger partial charge >= 0.3 is 0 Å². The Bertz CT molecular complexity index is 577. The summed E-state index contributed by atoms with van der Waals surface area (Å²) in [4.78, 5) is 8.69. The van der Waals surface area contributed by atoms with Crippen molar-refractivity contribution in [3.63, 3.8) is 0 Å². The van der Waals surface area contributed by atoms with Gasteiger partial charge in [-0.2, -0.15) is 0 Å². The molecule has 1 N–H and O–H groups in total.